The molecule has 0 saturated heterocycles. The maximum Gasteiger partial charge on any atom is 0.328 e. The molecular formula is C20H30N4O8S. The van der Waals surface area contributed by atoms with E-state index in [1.807, 2.05) is 5.32 Å². The van der Waals surface area contributed by atoms with Gasteiger partial charge in [-0.3, -0.25) is 14.4 Å². The Labute approximate surface area is 194 Å². The molecule has 12 nitrogen and oxygen atoms in total. The zero-order valence-corrected chi connectivity index (χ0v) is 18.9. The second-order valence-electron chi connectivity index (χ2n) is 7.15. The lowest BCUT2D eigenvalue weighted by molar-refractivity contribution is -0.143. The van der Waals surface area contributed by atoms with Crippen LogP contribution in [0.1, 0.15) is 12.0 Å². The molecule has 3 amide bonds. The molecule has 4 unspecified atom stereocenters. The molecule has 13 heteroatoms. The summed E-state index contributed by atoms with van der Waals surface area (Å²) in [5, 5.41) is 43.6. The highest BCUT2D eigenvalue weighted by atomic mass is 32.2. The minimum absolute atomic E-state index is 0.0710. The number of aliphatic hydroxyl groups is 2. The SMILES string of the molecule is CSCCC(NC(=O)C(N)Cc1ccc(O)cc1)C(=O)NC(CO)C(=O)NC(CO)C(=O)O. The van der Waals surface area contributed by atoms with Crippen LogP contribution < -0.4 is 21.7 Å². The first-order chi connectivity index (χ1) is 15.6. The van der Waals surface area contributed by atoms with Crippen molar-refractivity contribution in [3.63, 3.8) is 0 Å². The average Bonchev–Trinajstić information content (AvgIpc) is 2.79. The molecule has 0 aromatic heterocycles. The molecule has 0 fully saturated rings. The molecule has 0 saturated carbocycles. The number of aliphatic carboxylic acids is 1. The number of nitrogens with two attached hydrogens (primary N) is 1. The average molecular weight is 487 g/mol. The number of aromatic hydroxyl groups is 1. The maximum atomic E-state index is 12.7. The monoisotopic (exact) mass is 486 g/mol. The molecule has 0 aliphatic carbocycles. The minimum atomic E-state index is -1.60. The quantitative estimate of drug-likeness (QED) is 0.139. The fourth-order valence-corrected chi connectivity index (χ4v) is 3.16. The lowest BCUT2D eigenvalue weighted by atomic mass is 10.0. The minimum Gasteiger partial charge on any atom is -0.508 e. The van der Waals surface area contributed by atoms with Crippen molar-refractivity contribution in [1.82, 2.24) is 16.0 Å². The smallest absolute Gasteiger partial charge is 0.328 e. The second kappa shape index (κ2) is 14.3. The van der Waals surface area contributed by atoms with Crippen LogP contribution in [0.3, 0.4) is 0 Å². The van der Waals surface area contributed by atoms with Gasteiger partial charge in [0.2, 0.25) is 17.7 Å². The van der Waals surface area contributed by atoms with Crippen LogP contribution in [0.4, 0.5) is 0 Å². The van der Waals surface area contributed by atoms with Crippen LogP contribution in [0.2, 0.25) is 0 Å². The second-order valence-corrected chi connectivity index (χ2v) is 8.13. The summed E-state index contributed by atoms with van der Waals surface area (Å²) in [5.41, 5.74) is 6.65. The first-order valence-corrected chi connectivity index (χ1v) is 11.4. The maximum absolute atomic E-state index is 12.7. The van der Waals surface area contributed by atoms with Crippen molar-refractivity contribution < 1.29 is 39.6 Å². The van der Waals surface area contributed by atoms with Crippen LogP contribution in [0.15, 0.2) is 24.3 Å². The van der Waals surface area contributed by atoms with E-state index in [0.717, 1.165) is 0 Å². The Morgan fingerprint density at radius 3 is 1.94 bits per heavy atom. The third-order valence-corrected chi connectivity index (χ3v) is 5.23. The summed E-state index contributed by atoms with van der Waals surface area (Å²) in [7, 11) is 0. The van der Waals surface area contributed by atoms with E-state index in [4.69, 9.17) is 15.9 Å². The van der Waals surface area contributed by atoms with Crippen LogP contribution in [0.25, 0.3) is 0 Å². The molecule has 0 heterocycles. The molecule has 0 bridgehead atoms. The Kier molecular flexibility index (Phi) is 12.2. The molecule has 0 radical (unpaired) electrons. The molecule has 0 aliphatic rings. The number of phenolic OH excluding ortho intramolecular Hbond substituents is 1. The van der Waals surface area contributed by atoms with Gasteiger partial charge >= 0.3 is 5.97 Å². The van der Waals surface area contributed by atoms with Gasteiger partial charge < -0.3 is 42.1 Å². The van der Waals surface area contributed by atoms with E-state index in [-0.39, 0.29) is 18.6 Å². The van der Waals surface area contributed by atoms with E-state index >= 15 is 0 Å². The van der Waals surface area contributed by atoms with Gasteiger partial charge in [-0.15, -0.1) is 0 Å². The van der Waals surface area contributed by atoms with E-state index < -0.39 is 61.1 Å². The zero-order valence-electron chi connectivity index (χ0n) is 18.1. The number of phenols is 1. The van der Waals surface area contributed by atoms with Gasteiger partial charge in [-0.25, -0.2) is 4.79 Å². The van der Waals surface area contributed by atoms with E-state index in [0.29, 0.717) is 11.3 Å². The highest BCUT2D eigenvalue weighted by Gasteiger charge is 2.29. The third-order valence-electron chi connectivity index (χ3n) is 4.59. The van der Waals surface area contributed by atoms with Crippen LogP contribution in [-0.4, -0.2) is 93.5 Å². The Hall–Kier alpha value is -2.87. The van der Waals surface area contributed by atoms with Crippen molar-refractivity contribution in [3.05, 3.63) is 29.8 Å². The first-order valence-electron chi connectivity index (χ1n) is 10.0. The summed E-state index contributed by atoms with van der Waals surface area (Å²) in [4.78, 5) is 48.4. The molecule has 184 valence electrons. The molecule has 4 atom stereocenters. The summed E-state index contributed by atoms with van der Waals surface area (Å²) in [6.07, 6.45) is 2.17. The van der Waals surface area contributed by atoms with Crippen molar-refractivity contribution in [2.24, 2.45) is 5.73 Å². The van der Waals surface area contributed by atoms with Crippen LogP contribution in [-0.2, 0) is 25.6 Å². The number of carbonyl (C=O) groups excluding carboxylic acids is 3. The summed E-state index contributed by atoms with van der Waals surface area (Å²) >= 11 is 1.42. The first kappa shape index (κ1) is 28.2. The van der Waals surface area contributed by atoms with Gasteiger partial charge in [0.25, 0.3) is 0 Å². The van der Waals surface area contributed by atoms with E-state index in [1.54, 1.807) is 18.4 Å². The molecule has 9 N–H and O–H groups in total. The van der Waals surface area contributed by atoms with Crippen molar-refractivity contribution in [3.8, 4) is 5.75 Å². The van der Waals surface area contributed by atoms with Crippen molar-refractivity contribution in [1.29, 1.82) is 0 Å². The molecule has 0 spiro atoms. The number of benzene rings is 1. The van der Waals surface area contributed by atoms with Crippen molar-refractivity contribution in [2.75, 3.05) is 25.2 Å². The van der Waals surface area contributed by atoms with Crippen LogP contribution in [0, 0.1) is 0 Å². The molecule has 0 aliphatic heterocycles. The highest BCUT2D eigenvalue weighted by molar-refractivity contribution is 7.98. The lowest BCUT2D eigenvalue weighted by Gasteiger charge is -2.24. The topological polar surface area (TPSA) is 211 Å². The van der Waals surface area contributed by atoms with Gasteiger partial charge in [-0.1, -0.05) is 12.1 Å². The third kappa shape index (κ3) is 9.65. The zero-order chi connectivity index (χ0) is 25.0. The number of thioether (sulfide) groups is 1. The predicted molar refractivity (Wildman–Crippen MR) is 120 cm³/mol. The number of carboxylic acid groups (broad SMARTS) is 1. The van der Waals surface area contributed by atoms with E-state index in [9.17, 15) is 29.4 Å². The predicted octanol–water partition coefficient (Wildman–Crippen LogP) is -2.46. The van der Waals surface area contributed by atoms with Gasteiger partial charge in [0.05, 0.1) is 19.3 Å². The molecule has 33 heavy (non-hydrogen) atoms. The molecule has 1 rings (SSSR count). The number of carboxylic acids is 1. The van der Waals surface area contributed by atoms with Crippen molar-refractivity contribution >= 4 is 35.5 Å². The number of nitrogens with one attached hydrogen (secondary N) is 3. The Balaban J connectivity index is 2.80. The van der Waals surface area contributed by atoms with Gasteiger partial charge in [0, 0.05) is 0 Å². The number of carbonyl (C=O) groups is 4. The molecule has 1 aromatic carbocycles. The van der Waals surface area contributed by atoms with E-state index in [1.165, 1.54) is 23.9 Å². The van der Waals surface area contributed by atoms with Gasteiger partial charge in [0.15, 0.2) is 0 Å². The van der Waals surface area contributed by atoms with Crippen LogP contribution >= 0.6 is 11.8 Å². The summed E-state index contributed by atoms with van der Waals surface area (Å²) in [6, 6.07) is 0.991. The number of hydrogen-bond acceptors (Lipinski definition) is 9. The number of hydrogen-bond donors (Lipinski definition) is 8. The lowest BCUT2D eigenvalue weighted by Crippen LogP contribution is -2.58. The Bertz CT molecular complexity index is 808. The van der Waals surface area contributed by atoms with Gasteiger partial charge in [0.1, 0.15) is 23.9 Å². The summed E-state index contributed by atoms with van der Waals surface area (Å²) < 4.78 is 0. The Morgan fingerprint density at radius 2 is 1.42 bits per heavy atom. The largest absolute Gasteiger partial charge is 0.508 e. The van der Waals surface area contributed by atoms with Crippen molar-refractivity contribution in [2.45, 2.75) is 37.0 Å². The Morgan fingerprint density at radius 1 is 0.909 bits per heavy atom. The number of aliphatic hydroxyl groups excluding tert-OH is 2. The van der Waals surface area contributed by atoms with Gasteiger partial charge in [-0.05, 0) is 42.5 Å². The van der Waals surface area contributed by atoms with E-state index in [2.05, 4.69) is 10.6 Å². The molecular weight excluding hydrogens is 456 g/mol. The fourth-order valence-electron chi connectivity index (χ4n) is 2.69. The summed E-state index contributed by atoms with van der Waals surface area (Å²) in [5.74, 6) is -3.30. The summed E-state index contributed by atoms with van der Waals surface area (Å²) in [6.45, 7) is -1.71. The normalized spacial score (nSPS) is 14.4. The number of amides is 3. The highest BCUT2D eigenvalue weighted by Crippen LogP contribution is 2.11. The standard InChI is InChI=1S/C20H30N4O8S/c1-33-7-6-14(22-17(28)13(21)8-11-2-4-12(27)5-3-11)18(29)23-15(9-25)19(30)24-16(10-26)20(31)32/h2-5,13-16,25-27H,6-10,21H2,1H3,(H,22,28)(H,23,29)(H,24,30)(H,31,32). The molecule has 1 aromatic rings. The van der Waals surface area contributed by atoms with Crippen LogP contribution in [0.5, 0.6) is 5.75 Å². The number of rotatable bonds is 14. The van der Waals surface area contributed by atoms with Gasteiger partial charge in [-0.2, -0.15) is 11.8 Å². The fraction of sp³-hybridized carbons (Fsp3) is 0.500.